The number of nitrogens with zero attached hydrogens (tertiary/aromatic N) is 3. The van der Waals surface area contributed by atoms with Crippen molar-refractivity contribution in [2.75, 3.05) is 11.0 Å². The third kappa shape index (κ3) is 3.76. The molecule has 4 aliphatic rings. The second kappa shape index (κ2) is 8.33. The van der Waals surface area contributed by atoms with E-state index < -0.39 is 19.8 Å². The molecule has 3 atom stereocenters. The molecule has 1 aromatic heterocycles. The van der Waals surface area contributed by atoms with Gasteiger partial charge in [-0.15, -0.1) is 0 Å². The van der Waals surface area contributed by atoms with Crippen LogP contribution >= 0.6 is 19.8 Å². The predicted octanol–water partition coefficient (Wildman–Crippen LogP) is 4.45. The minimum absolute atomic E-state index is 0.185. The molecule has 170 valence electrons. The molecule has 7 heteroatoms. The van der Waals surface area contributed by atoms with E-state index in [2.05, 4.69) is 15.1 Å². The molecule has 6 rings (SSSR count). The van der Waals surface area contributed by atoms with Crippen LogP contribution in [0.25, 0.3) is 6.08 Å². The van der Waals surface area contributed by atoms with Crippen LogP contribution in [0.3, 0.4) is 0 Å². The standard InChI is InChI=1S/C25H29FIN3O2/c1-16-21(25(31)30-23-14-27(23)10-8-24(30)28-16)9-11-29-18-6-7-19(29)13-20(12-18)32-15-17-4-2-3-5-22(17)26/h2-5,8,10,18-20,23H,6-7,9,11-15H2,1H3. The van der Waals surface area contributed by atoms with Crippen molar-refractivity contribution in [2.45, 2.75) is 67.9 Å². The molecule has 2 aromatic rings. The van der Waals surface area contributed by atoms with Gasteiger partial charge in [-0.2, -0.15) is 0 Å². The Morgan fingerprint density at radius 1 is 1.22 bits per heavy atom. The van der Waals surface area contributed by atoms with Crippen LogP contribution in [-0.2, 0) is 17.8 Å². The summed E-state index contributed by atoms with van der Waals surface area (Å²) in [7, 11) is 0. The summed E-state index contributed by atoms with van der Waals surface area (Å²) >= 11 is -1.01. The summed E-state index contributed by atoms with van der Waals surface area (Å²) in [6.07, 6.45) is 7.40. The number of hydrogen-bond donors (Lipinski definition) is 0. The first kappa shape index (κ1) is 21.0. The van der Waals surface area contributed by atoms with Crippen LogP contribution in [0.15, 0.2) is 33.1 Å². The first-order valence-corrected chi connectivity index (χ1v) is 15.6. The van der Waals surface area contributed by atoms with Gasteiger partial charge in [0.05, 0.1) is 0 Å². The third-order valence-corrected chi connectivity index (χ3v) is 12.4. The van der Waals surface area contributed by atoms with Crippen LogP contribution in [0.5, 0.6) is 0 Å². The van der Waals surface area contributed by atoms with E-state index in [0.717, 1.165) is 42.9 Å². The first-order chi connectivity index (χ1) is 15.6. The summed E-state index contributed by atoms with van der Waals surface area (Å²) < 4.78 is 26.1. The molecule has 3 saturated heterocycles. The number of aromatic nitrogens is 2. The maximum atomic E-state index is 13.9. The SMILES string of the molecule is Cc1nc2n(c(=O)c1CCN1C3CCC1CC(OCc1ccccc1F)C3)C1CI1C=C2. The quantitative estimate of drug-likeness (QED) is 0.395. The number of benzene rings is 1. The Hall–Kier alpha value is -1.58. The number of alkyl halides is 2. The topological polar surface area (TPSA) is 47.4 Å². The van der Waals surface area contributed by atoms with E-state index in [-0.39, 0.29) is 17.5 Å². The summed E-state index contributed by atoms with van der Waals surface area (Å²) in [5, 5.41) is 0. The van der Waals surface area contributed by atoms with Crippen molar-refractivity contribution in [2.24, 2.45) is 0 Å². The molecule has 0 amide bonds. The Labute approximate surface area is 195 Å². The maximum absolute atomic E-state index is 13.9. The Balaban J connectivity index is 1.11. The normalized spacial score (nSPS) is 29.1. The van der Waals surface area contributed by atoms with Crippen molar-refractivity contribution in [3.63, 3.8) is 0 Å². The summed E-state index contributed by atoms with van der Waals surface area (Å²) in [6.45, 7) is 3.24. The average Bonchev–Trinajstić information content (AvgIpc) is 3.52. The molecule has 32 heavy (non-hydrogen) atoms. The Kier molecular flexibility index (Phi) is 5.46. The van der Waals surface area contributed by atoms with Crippen LogP contribution in [-0.4, -0.2) is 43.6 Å². The molecule has 4 aliphatic heterocycles. The minimum atomic E-state index is -1.01. The number of halogens is 2. The summed E-state index contributed by atoms with van der Waals surface area (Å²) in [5.74, 6) is 0.671. The van der Waals surface area contributed by atoms with E-state index in [1.165, 1.54) is 23.3 Å². The number of ether oxygens (including phenoxy) is 1. The molecule has 0 N–H and O–H groups in total. The zero-order chi connectivity index (χ0) is 21.8. The van der Waals surface area contributed by atoms with Crippen LogP contribution in [0.2, 0.25) is 0 Å². The van der Waals surface area contributed by atoms with Crippen LogP contribution in [0, 0.1) is 12.7 Å². The molecular weight excluding hydrogens is 520 g/mol. The van der Waals surface area contributed by atoms with E-state index in [9.17, 15) is 9.18 Å². The average molecular weight is 549 g/mol. The van der Waals surface area contributed by atoms with Crippen LogP contribution in [0.1, 0.15) is 52.4 Å². The molecule has 5 heterocycles. The number of hydrogen-bond acceptors (Lipinski definition) is 4. The van der Waals surface area contributed by atoms with E-state index in [1.54, 1.807) is 12.1 Å². The second-order valence-corrected chi connectivity index (χ2v) is 14.9. The molecule has 5 nitrogen and oxygen atoms in total. The van der Waals surface area contributed by atoms with Gasteiger partial charge in [0.15, 0.2) is 0 Å². The number of rotatable bonds is 6. The fourth-order valence-electron chi connectivity index (χ4n) is 5.74. The van der Waals surface area contributed by atoms with Gasteiger partial charge in [0.2, 0.25) is 0 Å². The van der Waals surface area contributed by atoms with Gasteiger partial charge in [-0.25, -0.2) is 4.39 Å². The van der Waals surface area contributed by atoms with Gasteiger partial charge in [0.25, 0.3) is 0 Å². The summed E-state index contributed by atoms with van der Waals surface area (Å²) in [6, 6.07) is 7.86. The molecule has 2 bridgehead atoms. The zero-order valence-electron chi connectivity index (χ0n) is 18.3. The Morgan fingerprint density at radius 3 is 2.78 bits per heavy atom. The molecule has 0 saturated carbocycles. The molecule has 0 spiro atoms. The fourth-order valence-corrected chi connectivity index (χ4v) is 10.9. The van der Waals surface area contributed by atoms with Gasteiger partial charge in [0.1, 0.15) is 5.82 Å². The van der Waals surface area contributed by atoms with E-state index in [4.69, 9.17) is 9.72 Å². The molecule has 0 radical (unpaired) electrons. The predicted molar refractivity (Wildman–Crippen MR) is 132 cm³/mol. The molecule has 1 aromatic carbocycles. The Bertz CT molecular complexity index is 1120. The summed E-state index contributed by atoms with van der Waals surface area (Å²) in [5.41, 5.74) is 2.64. The first-order valence-electron chi connectivity index (χ1n) is 11.6. The van der Waals surface area contributed by atoms with Crippen molar-refractivity contribution in [1.82, 2.24) is 14.5 Å². The van der Waals surface area contributed by atoms with Gasteiger partial charge >= 0.3 is 155 Å². The molecule has 3 unspecified atom stereocenters. The van der Waals surface area contributed by atoms with Gasteiger partial charge in [0, 0.05) is 5.56 Å². The van der Waals surface area contributed by atoms with Gasteiger partial charge in [-0.05, 0) is 6.07 Å². The van der Waals surface area contributed by atoms with Crippen molar-refractivity contribution in [1.29, 1.82) is 0 Å². The molecular formula is C25H29FIN3O2. The molecule has 3 fully saturated rings. The van der Waals surface area contributed by atoms with Gasteiger partial charge < -0.3 is 0 Å². The van der Waals surface area contributed by atoms with Crippen molar-refractivity contribution in [3.8, 4) is 0 Å². The van der Waals surface area contributed by atoms with E-state index in [1.807, 2.05) is 17.6 Å². The number of fused-ring (bicyclic) bond motifs is 5. The number of piperidine rings is 1. The van der Waals surface area contributed by atoms with Crippen LogP contribution < -0.4 is 5.56 Å². The van der Waals surface area contributed by atoms with Crippen molar-refractivity contribution >= 4 is 25.9 Å². The zero-order valence-corrected chi connectivity index (χ0v) is 20.5. The van der Waals surface area contributed by atoms with E-state index in [0.29, 0.717) is 28.3 Å². The van der Waals surface area contributed by atoms with Crippen molar-refractivity contribution < 1.29 is 9.13 Å². The van der Waals surface area contributed by atoms with Gasteiger partial charge in [-0.1, -0.05) is 18.2 Å². The summed E-state index contributed by atoms with van der Waals surface area (Å²) in [4.78, 5) is 20.6. The van der Waals surface area contributed by atoms with E-state index >= 15 is 0 Å². The second-order valence-electron chi connectivity index (χ2n) is 9.39. The monoisotopic (exact) mass is 549 g/mol. The fraction of sp³-hybridized carbons (Fsp3) is 0.520. The Morgan fingerprint density at radius 2 is 2.00 bits per heavy atom. The van der Waals surface area contributed by atoms with Gasteiger partial charge in [-0.3, -0.25) is 0 Å². The number of aryl methyl sites for hydroxylation is 1. The van der Waals surface area contributed by atoms with Crippen LogP contribution in [0.4, 0.5) is 4.39 Å². The third-order valence-electron chi connectivity index (χ3n) is 7.52. The molecule has 0 aliphatic carbocycles. The van der Waals surface area contributed by atoms with Crippen molar-refractivity contribution in [3.05, 3.63) is 67.2 Å².